The van der Waals surface area contributed by atoms with Crippen LogP contribution in [-0.4, -0.2) is 49.3 Å². The first-order chi connectivity index (χ1) is 6.30. The molecule has 2 atom stereocenters. The standard InChI is InChI=1S/C10H22N2O/c1-3-12-7-9(4-5-13)6-10(8-12)11-2/h9-11,13H,3-8H2,1-2H3. The number of hydrogen-bond donors (Lipinski definition) is 2. The average Bonchev–Trinajstić information content (AvgIpc) is 2.17. The van der Waals surface area contributed by atoms with Crippen molar-refractivity contribution in [1.29, 1.82) is 0 Å². The zero-order chi connectivity index (χ0) is 9.68. The van der Waals surface area contributed by atoms with Gasteiger partial charge in [-0.1, -0.05) is 6.92 Å². The highest BCUT2D eigenvalue weighted by atomic mass is 16.3. The van der Waals surface area contributed by atoms with Crippen LogP contribution in [0.15, 0.2) is 0 Å². The van der Waals surface area contributed by atoms with E-state index in [2.05, 4.69) is 17.1 Å². The summed E-state index contributed by atoms with van der Waals surface area (Å²) in [6.45, 7) is 5.98. The summed E-state index contributed by atoms with van der Waals surface area (Å²) in [5, 5.41) is 12.2. The Morgan fingerprint density at radius 3 is 2.77 bits per heavy atom. The van der Waals surface area contributed by atoms with E-state index in [9.17, 15) is 0 Å². The van der Waals surface area contributed by atoms with E-state index < -0.39 is 0 Å². The number of aliphatic hydroxyl groups is 1. The molecule has 13 heavy (non-hydrogen) atoms. The maximum absolute atomic E-state index is 8.90. The van der Waals surface area contributed by atoms with Gasteiger partial charge in [0.2, 0.25) is 0 Å². The molecule has 1 rings (SSSR count). The summed E-state index contributed by atoms with van der Waals surface area (Å²) in [4.78, 5) is 2.46. The first-order valence-corrected chi connectivity index (χ1v) is 5.30. The van der Waals surface area contributed by atoms with Gasteiger partial charge in [-0.2, -0.15) is 0 Å². The zero-order valence-electron chi connectivity index (χ0n) is 8.79. The minimum absolute atomic E-state index is 0.332. The first kappa shape index (κ1) is 11.0. The Balaban J connectivity index is 2.39. The zero-order valence-corrected chi connectivity index (χ0v) is 8.79. The van der Waals surface area contributed by atoms with Crippen molar-refractivity contribution in [1.82, 2.24) is 10.2 Å². The quantitative estimate of drug-likeness (QED) is 0.663. The number of likely N-dealkylation sites (N-methyl/N-ethyl adjacent to an activating group) is 2. The van der Waals surface area contributed by atoms with Gasteiger partial charge in [-0.25, -0.2) is 0 Å². The summed E-state index contributed by atoms with van der Waals surface area (Å²) in [6, 6.07) is 0.616. The van der Waals surface area contributed by atoms with Crippen molar-refractivity contribution in [2.45, 2.75) is 25.8 Å². The normalized spacial score (nSPS) is 30.7. The van der Waals surface area contributed by atoms with Gasteiger partial charge in [0.15, 0.2) is 0 Å². The van der Waals surface area contributed by atoms with Gasteiger partial charge in [0.1, 0.15) is 0 Å². The molecule has 1 saturated heterocycles. The van der Waals surface area contributed by atoms with E-state index in [4.69, 9.17) is 5.11 Å². The average molecular weight is 186 g/mol. The van der Waals surface area contributed by atoms with Crippen LogP contribution in [0.4, 0.5) is 0 Å². The molecule has 1 aliphatic heterocycles. The fourth-order valence-electron chi connectivity index (χ4n) is 2.16. The molecule has 0 saturated carbocycles. The fraction of sp³-hybridized carbons (Fsp3) is 1.00. The van der Waals surface area contributed by atoms with Crippen LogP contribution >= 0.6 is 0 Å². The molecule has 78 valence electrons. The summed E-state index contributed by atoms with van der Waals surface area (Å²) in [5.74, 6) is 0.677. The predicted molar refractivity (Wildman–Crippen MR) is 54.8 cm³/mol. The lowest BCUT2D eigenvalue weighted by Gasteiger charge is -2.37. The van der Waals surface area contributed by atoms with Crippen LogP contribution in [0.2, 0.25) is 0 Å². The number of likely N-dealkylation sites (tertiary alicyclic amines) is 1. The molecule has 0 bridgehead atoms. The van der Waals surface area contributed by atoms with Crippen molar-refractivity contribution in [2.24, 2.45) is 5.92 Å². The number of rotatable bonds is 4. The van der Waals surface area contributed by atoms with Crippen LogP contribution in [0.3, 0.4) is 0 Å². The van der Waals surface area contributed by atoms with Crippen LogP contribution in [0, 0.1) is 5.92 Å². The van der Waals surface area contributed by atoms with Crippen LogP contribution in [-0.2, 0) is 0 Å². The second kappa shape index (κ2) is 5.58. The van der Waals surface area contributed by atoms with Crippen molar-refractivity contribution >= 4 is 0 Å². The Morgan fingerprint density at radius 2 is 2.23 bits per heavy atom. The molecule has 0 aromatic carbocycles. The molecule has 1 aliphatic rings. The molecule has 3 nitrogen and oxygen atoms in total. The molecular weight excluding hydrogens is 164 g/mol. The molecule has 1 heterocycles. The predicted octanol–water partition coefficient (Wildman–Crippen LogP) is 0.299. The minimum Gasteiger partial charge on any atom is -0.396 e. The van der Waals surface area contributed by atoms with Gasteiger partial charge < -0.3 is 15.3 Å². The summed E-state index contributed by atoms with van der Waals surface area (Å²) in [7, 11) is 2.03. The number of piperidine rings is 1. The third kappa shape index (κ3) is 3.25. The fourth-order valence-corrected chi connectivity index (χ4v) is 2.16. The van der Waals surface area contributed by atoms with Gasteiger partial charge in [-0.15, -0.1) is 0 Å². The lowest BCUT2D eigenvalue weighted by Crippen LogP contribution is -2.48. The third-order valence-corrected chi connectivity index (χ3v) is 3.01. The van der Waals surface area contributed by atoms with E-state index in [1.54, 1.807) is 0 Å². The third-order valence-electron chi connectivity index (χ3n) is 3.01. The first-order valence-electron chi connectivity index (χ1n) is 5.30. The molecule has 0 amide bonds. The largest absolute Gasteiger partial charge is 0.396 e. The Kier molecular flexibility index (Phi) is 4.70. The van der Waals surface area contributed by atoms with Crippen LogP contribution in [0.5, 0.6) is 0 Å². The number of aliphatic hydroxyl groups excluding tert-OH is 1. The number of nitrogens with zero attached hydrogens (tertiary/aromatic N) is 1. The highest BCUT2D eigenvalue weighted by Crippen LogP contribution is 2.19. The Labute approximate surface area is 81.1 Å². The SMILES string of the molecule is CCN1CC(CCO)CC(NC)C1. The Hall–Kier alpha value is -0.120. The van der Waals surface area contributed by atoms with E-state index in [1.165, 1.54) is 6.42 Å². The highest BCUT2D eigenvalue weighted by Gasteiger charge is 2.24. The van der Waals surface area contributed by atoms with E-state index in [-0.39, 0.29) is 0 Å². The number of hydrogen-bond acceptors (Lipinski definition) is 3. The van der Waals surface area contributed by atoms with Crippen LogP contribution in [0.25, 0.3) is 0 Å². The lowest BCUT2D eigenvalue weighted by molar-refractivity contribution is 0.129. The van der Waals surface area contributed by atoms with Crippen molar-refractivity contribution in [3.8, 4) is 0 Å². The summed E-state index contributed by atoms with van der Waals surface area (Å²) < 4.78 is 0. The summed E-state index contributed by atoms with van der Waals surface area (Å²) >= 11 is 0. The van der Waals surface area contributed by atoms with Gasteiger partial charge >= 0.3 is 0 Å². The van der Waals surface area contributed by atoms with Crippen molar-refractivity contribution < 1.29 is 5.11 Å². The molecular formula is C10H22N2O. The molecule has 0 aromatic rings. The summed E-state index contributed by atoms with van der Waals surface area (Å²) in [5.41, 5.74) is 0. The van der Waals surface area contributed by atoms with Gasteiger partial charge in [-0.3, -0.25) is 0 Å². The van der Waals surface area contributed by atoms with Crippen molar-refractivity contribution in [3.63, 3.8) is 0 Å². The maximum Gasteiger partial charge on any atom is 0.0434 e. The van der Waals surface area contributed by atoms with Crippen LogP contribution < -0.4 is 5.32 Å². The smallest absolute Gasteiger partial charge is 0.0434 e. The topological polar surface area (TPSA) is 35.5 Å². The van der Waals surface area contributed by atoms with Gasteiger partial charge in [-0.05, 0) is 32.4 Å². The van der Waals surface area contributed by atoms with Crippen molar-refractivity contribution in [2.75, 3.05) is 33.3 Å². The molecule has 0 spiro atoms. The minimum atomic E-state index is 0.332. The van der Waals surface area contributed by atoms with Gasteiger partial charge in [0.25, 0.3) is 0 Å². The van der Waals surface area contributed by atoms with Gasteiger partial charge in [0, 0.05) is 25.7 Å². The highest BCUT2D eigenvalue weighted by molar-refractivity contribution is 4.81. The van der Waals surface area contributed by atoms with E-state index in [1.807, 2.05) is 7.05 Å². The Bertz CT molecular complexity index is 129. The van der Waals surface area contributed by atoms with Crippen molar-refractivity contribution in [3.05, 3.63) is 0 Å². The van der Waals surface area contributed by atoms with Crippen LogP contribution in [0.1, 0.15) is 19.8 Å². The van der Waals surface area contributed by atoms with Gasteiger partial charge in [0.05, 0.1) is 0 Å². The molecule has 2 unspecified atom stereocenters. The molecule has 0 aliphatic carbocycles. The maximum atomic E-state index is 8.90. The van der Waals surface area contributed by atoms with E-state index in [0.717, 1.165) is 26.1 Å². The number of nitrogens with one attached hydrogen (secondary N) is 1. The molecule has 0 radical (unpaired) electrons. The Morgan fingerprint density at radius 1 is 1.46 bits per heavy atom. The monoisotopic (exact) mass is 186 g/mol. The summed E-state index contributed by atoms with van der Waals surface area (Å²) in [6.07, 6.45) is 2.17. The second-order valence-corrected chi connectivity index (χ2v) is 3.95. The van der Waals surface area contributed by atoms with E-state index >= 15 is 0 Å². The molecule has 1 fully saturated rings. The lowest BCUT2D eigenvalue weighted by atomic mass is 9.92. The second-order valence-electron chi connectivity index (χ2n) is 3.95. The molecule has 3 heteroatoms. The molecule has 0 aromatic heterocycles. The van der Waals surface area contributed by atoms with E-state index in [0.29, 0.717) is 18.6 Å². The molecule has 2 N–H and O–H groups in total.